The molecule has 1 saturated heterocycles. The zero-order valence-corrected chi connectivity index (χ0v) is 15.6. The summed E-state index contributed by atoms with van der Waals surface area (Å²) in [4.78, 5) is 14.6. The van der Waals surface area contributed by atoms with E-state index in [1.807, 2.05) is 0 Å². The number of benzene rings is 1. The molecule has 24 heavy (non-hydrogen) atoms. The van der Waals surface area contributed by atoms with Gasteiger partial charge < -0.3 is 9.64 Å². The minimum atomic E-state index is -3.71. The van der Waals surface area contributed by atoms with Crippen molar-refractivity contribution in [2.45, 2.75) is 50.5 Å². The minimum absolute atomic E-state index is 0.0681. The van der Waals surface area contributed by atoms with Crippen LogP contribution in [0.15, 0.2) is 23.1 Å². The van der Waals surface area contributed by atoms with E-state index in [0.29, 0.717) is 18.8 Å². The third-order valence-electron chi connectivity index (χ3n) is 3.80. The van der Waals surface area contributed by atoms with Gasteiger partial charge in [0.05, 0.1) is 17.6 Å². The Hall–Kier alpha value is -1.60. The summed E-state index contributed by atoms with van der Waals surface area (Å²) in [5.74, 6) is 0.208. The maximum atomic E-state index is 12.8. The summed E-state index contributed by atoms with van der Waals surface area (Å²) in [5.41, 5.74) is -0.313. The van der Waals surface area contributed by atoms with E-state index in [1.54, 1.807) is 25.7 Å². The van der Waals surface area contributed by atoms with Crippen molar-refractivity contribution < 1.29 is 17.9 Å². The first kappa shape index (κ1) is 18.7. The zero-order valence-electron chi connectivity index (χ0n) is 14.8. The van der Waals surface area contributed by atoms with Gasteiger partial charge >= 0.3 is 0 Å². The van der Waals surface area contributed by atoms with Crippen molar-refractivity contribution in [1.82, 2.24) is 9.62 Å². The van der Waals surface area contributed by atoms with Gasteiger partial charge in [0.1, 0.15) is 5.75 Å². The van der Waals surface area contributed by atoms with E-state index in [0.717, 1.165) is 19.3 Å². The largest absolute Gasteiger partial charge is 0.496 e. The molecule has 1 aliphatic rings. The van der Waals surface area contributed by atoms with Crippen LogP contribution in [-0.2, 0) is 10.0 Å². The van der Waals surface area contributed by atoms with E-state index < -0.39 is 15.6 Å². The number of sulfonamides is 1. The Morgan fingerprint density at radius 3 is 2.33 bits per heavy atom. The van der Waals surface area contributed by atoms with Crippen LogP contribution in [0.3, 0.4) is 0 Å². The predicted molar refractivity (Wildman–Crippen MR) is 92.8 cm³/mol. The standard InChI is InChI=1S/C17H26N2O4S/c1-17(2,3)18-24(21,22)13-8-9-15(23-4)14(12-13)16(20)19-10-6-5-7-11-19/h8-9,12,18H,5-7,10-11H2,1-4H3. The van der Waals surface area contributed by atoms with E-state index >= 15 is 0 Å². The monoisotopic (exact) mass is 354 g/mol. The second-order valence-electron chi connectivity index (χ2n) is 7.07. The number of ether oxygens (including phenoxy) is 1. The molecule has 2 rings (SSSR count). The van der Waals surface area contributed by atoms with Crippen LogP contribution in [0.25, 0.3) is 0 Å². The number of hydrogen-bond acceptors (Lipinski definition) is 4. The third-order valence-corrected chi connectivity index (χ3v) is 5.55. The van der Waals surface area contributed by atoms with Gasteiger partial charge in [0.2, 0.25) is 10.0 Å². The third kappa shape index (κ3) is 4.48. The maximum absolute atomic E-state index is 12.8. The lowest BCUT2D eigenvalue weighted by molar-refractivity contribution is 0.0720. The Kier molecular flexibility index (Phi) is 5.55. The van der Waals surface area contributed by atoms with Gasteiger partial charge in [-0.05, 0) is 58.2 Å². The van der Waals surface area contributed by atoms with Gasteiger partial charge in [-0.1, -0.05) is 0 Å². The van der Waals surface area contributed by atoms with E-state index in [1.165, 1.54) is 25.3 Å². The lowest BCUT2D eigenvalue weighted by Gasteiger charge is -2.27. The molecule has 0 atom stereocenters. The van der Waals surface area contributed by atoms with Crippen LogP contribution in [0.2, 0.25) is 0 Å². The first-order valence-electron chi connectivity index (χ1n) is 8.15. The molecule has 1 amide bonds. The van der Waals surface area contributed by atoms with Crippen LogP contribution in [-0.4, -0.2) is 45.0 Å². The first-order chi connectivity index (χ1) is 11.1. The Morgan fingerprint density at radius 2 is 1.79 bits per heavy atom. The Balaban J connectivity index is 2.39. The predicted octanol–water partition coefficient (Wildman–Crippen LogP) is 2.40. The normalized spacial score (nSPS) is 16.1. The fraction of sp³-hybridized carbons (Fsp3) is 0.588. The van der Waals surface area contributed by atoms with Gasteiger partial charge in [-0.2, -0.15) is 0 Å². The van der Waals surface area contributed by atoms with Crippen molar-refractivity contribution in [2.75, 3.05) is 20.2 Å². The number of carbonyl (C=O) groups is 1. The summed E-state index contributed by atoms with van der Waals surface area (Å²) in [6, 6.07) is 4.40. The summed E-state index contributed by atoms with van der Waals surface area (Å²) in [5, 5.41) is 0. The highest BCUT2D eigenvalue weighted by molar-refractivity contribution is 7.89. The fourth-order valence-electron chi connectivity index (χ4n) is 2.75. The number of nitrogens with one attached hydrogen (secondary N) is 1. The summed E-state index contributed by atoms with van der Waals surface area (Å²) >= 11 is 0. The number of likely N-dealkylation sites (tertiary alicyclic amines) is 1. The van der Waals surface area contributed by atoms with Crippen LogP contribution < -0.4 is 9.46 Å². The van der Waals surface area contributed by atoms with Crippen LogP contribution in [0, 0.1) is 0 Å². The number of hydrogen-bond donors (Lipinski definition) is 1. The molecule has 134 valence electrons. The second kappa shape index (κ2) is 7.11. The van der Waals surface area contributed by atoms with Gasteiger partial charge in [-0.3, -0.25) is 4.79 Å². The molecule has 0 aliphatic carbocycles. The first-order valence-corrected chi connectivity index (χ1v) is 9.64. The van der Waals surface area contributed by atoms with E-state index in [9.17, 15) is 13.2 Å². The lowest BCUT2D eigenvalue weighted by Crippen LogP contribution is -2.40. The SMILES string of the molecule is COc1ccc(S(=O)(=O)NC(C)(C)C)cc1C(=O)N1CCCCC1. The zero-order chi connectivity index (χ0) is 18.0. The van der Waals surface area contributed by atoms with Crippen LogP contribution in [0.1, 0.15) is 50.4 Å². The molecular weight excluding hydrogens is 328 g/mol. The molecule has 1 heterocycles. The molecule has 0 saturated carbocycles. The smallest absolute Gasteiger partial charge is 0.257 e. The van der Waals surface area contributed by atoms with Crippen LogP contribution in [0.4, 0.5) is 0 Å². The molecule has 1 aliphatic heterocycles. The molecule has 0 unspecified atom stereocenters. The summed E-state index contributed by atoms with van der Waals surface area (Å²) in [7, 11) is -2.23. The Bertz CT molecular complexity index is 702. The number of amides is 1. The quantitative estimate of drug-likeness (QED) is 0.901. The Morgan fingerprint density at radius 1 is 1.17 bits per heavy atom. The molecule has 1 aromatic carbocycles. The number of nitrogens with zero attached hydrogens (tertiary/aromatic N) is 1. The van der Waals surface area contributed by atoms with E-state index in [-0.39, 0.29) is 16.4 Å². The van der Waals surface area contributed by atoms with Crippen LogP contribution in [0.5, 0.6) is 5.75 Å². The highest BCUT2D eigenvalue weighted by Crippen LogP contribution is 2.26. The van der Waals surface area contributed by atoms with Gasteiger partial charge in [-0.25, -0.2) is 13.1 Å². The highest BCUT2D eigenvalue weighted by Gasteiger charge is 2.26. The number of methoxy groups -OCH3 is 1. The molecule has 1 aromatic rings. The maximum Gasteiger partial charge on any atom is 0.257 e. The topological polar surface area (TPSA) is 75.7 Å². The number of rotatable bonds is 4. The van der Waals surface area contributed by atoms with Crippen molar-refractivity contribution in [2.24, 2.45) is 0 Å². The molecule has 0 radical (unpaired) electrons. The molecular formula is C17H26N2O4S. The average Bonchev–Trinajstić information content (AvgIpc) is 2.52. The molecule has 0 bridgehead atoms. The van der Waals surface area contributed by atoms with Crippen molar-refractivity contribution in [3.63, 3.8) is 0 Å². The fourth-order valence-corrected chi connectivity index (χ4v) is 4.19. The number of piperidine rings is 1. The van der Waals surface area contributed by atoms with Crippen molar-refractivity contribution in [1.29, 1.82) is 0 Å². The molecule has 1 N–H and O–H groups in total. The Labute approximate surface area is 144 Å². The average molecular weight is 354 g/mol. The van der Waals surface area contributed by atoms with Crippen LogP contribution >= 0.6 is 0 Å². The van der Waals surface area contributed by atoms with Crippen molar-refractivity contribution >= 4 is 15.9 Å². The molecule has 1 fully saturated rings. The van der Waals surface area contributed by atoms with Gasteiger partial charge in [0.25, 0.3) is 5.91 Å². The van der Waals surface area contributed by atoms with Gasteiger partial charge in [-0.15, -0.1) is 0 Å². The van der Waals surface area contributed by atoms with E-state index in [2.05, 4.69) is 4.72 Å². The van der Waals surface area contributed by atoms with Crippen molar-refractivity contribution in [3.8, 4) is 5.75 Å². The minimum Gasteiger partial charge on any atom is -0.496 e. The molecule has 6 nitrogen and oxygen atoms in total. The highest BCUT2D eigenvalue weighted by atomic mass is 32.2. The lowest BCUT2D eigenvalue weighted by atomic mass is 10.1. The van der Waals surface area contributed by atoms with Crippen molar-refractivity contribution in [3.05, 3.63) is 23.8 Å². The van der Waals surface area contributed by atoms with Gasteiger partial charge in [0.15, 0.2) is 0 Å². The summed E-state index contributed by atoms with van der Waals surface area (Å²) < 4.78 is 32.9. The molecule has 0 aromatic heterocycles. The van der Waals surface area contributed by atoms with E-state index in [4.69, 9.17) is 4.74 Å². The van der Waals surface area contributed by atoms with Gasteiger partial charge in [0, 0.05) is 18.6 Å². The molecule has 0 spiro atoms. The number of carbonyl (C=O) groups excluding carboxylic acids is 1. The summed E-state index contributed by atoms with van der Waals surface area (Å²) in [6.45, 7) is 6.70. The molecule has 7 heteroatoms. The second-order valence-corrected chi connectivity index (χ2v) is 8.75. The summed E-state index contributed by atoms with van der Waals surface area (Å²) in [6.07, 6.45) is 3.06.